The molecular weight excluding hydrogens is 467 g/mol. The second kappa shape index (κ2) is 12.6. The van der Waals surface area contributed by atoms with Crippen LogP contribution in [-0.2, 0) is 28.0 Å². The minimum atomic E-state index is -0.568. The van der Waals surface area contributed by atoms with E-state index in [-0.39, 0.29) is 23.8 Å². The highest BCUT2D eigenvalue weighted by Crippen LogP contribution is 2.25. The van der Waals surface area contributed by atoms with Gasteiger partial charge in [0.2, 0.25) is 11.8 Å². The number of carbonyl (C=O) groups excluding carboxylic acids is 2. The second-order valence-electron chi connectivity index (χ2n) is 10.3. The van der Waals surface area contributed by atoms with Crippen molar-refractivity contribution in [3.05, 3.63) is 69.2 Å². The fourth-order valence-electron chi connectivity index (χ4n) is 3.74. The van der Waals surface area contributed by atoms with Gasteiger partial charge in [-0.2, -0.15) is 0 Å². The molecule has 0 fully saturated rings. The molecule has 2 aromatic rings. The maximum absolute atomic E-state index is 13.4. The molecule has 2 aromatic carbocycles. The third-order valence-electron chi connectivity index (χ3n) is 5.87. The largest absolute Gasteiger partial charge is 0.354 e. The fourth-order valence-corrected chi connectivity index (χ4v) is 4.21. The molecule has 0 unspecified atom stereocenters. The van der Waals surface area contributed by atoms with Crippen LogP contribution in [0.15, 0.2) is 42.5 Å². The van der Waals surface area contributed by atoms with Gasteiger partial charge in [-0.1, -0.05) is 95.1 Å². The predicted molar refractivity (Wildman–Crippen MR) is 142 cm³/mol. The van der Waals surface area contributed by atoms with Crippen molar-refractivity contribution < 1.29 is 9.59 Å². The van der Waals surface area contributed by atoms with Crippen LogP contribution in [0.4, 0.5) is 0 Å². The number of hydrogen-bond donors (Lipinski definition) is 1. The maximum atomic E-state index is 13.4. The van der Waals surface area contributed by atoms with E-state index in [1.54, 1.807) is 17.0 Å². The minimum absolute atomic E-state index is 0.0718. The maximum Gasteiger partial charge on any atom is 0.242 e. The SMILES string of the molecule is CC[C@H](C(=O)NCC(C)C)N(Cc1ccc(Cl)cc1Cl)C(=O)CCc1ccc(C(C)(C)C)cc1. The van der Waals surface area contributed by atoms with Gasteiger partial charge in [-0.3, -0.25) is 9.59 Å². The summed E-state index contributed by atoms with van der Waals surface area (Å²) in [5.41, 5.74) is 3.21. The van der Waals surface area contributed by atoms with E-state index in [1.165, 1.54) is 5.56 Å². The number of amides is 2. The van der Waals surface area contributed by atoms with E-state index in [2.05, 4.69) is 50.4 Å². The first-order valence-electron chi connectivity index (χ1n) is 12.0. The molecule has 2 amide bonds. The summed E-state index contributed by atoms with van der Waals surface area (Å²) < 4.78 is 0. The molecule has 0 bridgehead atoms. The van der Waals surface area contributed by atoms with Crippen LogP contribution in [0, 0.1) is 5.92 Å². The topological polar surface area (TPSA) is 49.4 Å². The smallest absolute Gasteiger partial charge is 0.242 e. The van der Waals surface area contributed by atoms with E-state index in [1.807, 2.05) is 26.8 Å². The Bertz CT molecular complexity index is 965. The number of nitrogens with zero attached hydrogens (tertiary/aromatic N) is 1. The highest BCUT2D eigenvalue weighted by molar-refractivity contribution is 6.35. The van der Waals surface area contributed by atoms with Gasteiger partial charge >= 0.3 is 0 Å². The Morgan fingerprint density at radius 3 is 2.21 bits per heavy atom. The second-order valence-corrected chi connectivity index (χ2v) is 11.1. The summed E-state index contributed by atoms with van der Waals surface area (Å²) in [5, 5.41) is 4.01. The van der Waals surface area contributed by atoms with Crippen molar-refractivity contribution >= 4 is 35.0 Å². The van der Waals surface area contributed by atoms with E-state index < -0.39 is 6.04 Å². The third-order valence-corrected chi connectivity index (χ3v) is 6.46. The summed E-state index contributed by atoms with van der Waals surface area (Å²) in [6.07, 6.45) is 1.44. The lowest BCUT2D eigenvalue weighted by Gasteiger charge is -2.31. The Hall–Kier alpha value is -2.04. The first kappa shape index (κ1) is 28.2. The molecule has 1 N–H and O–H groups in total. The fraction of sp³-hybridized carbons (Fsp3) is 0.500. The number of nitrogens with one attached hydrogen (secondary N) is 1. The van der Waals surface area contributed by atoms with Crippen molar-refractivity contribution in [2.24, 2.45) is 5.92 Å². The molecule has 0 saturated carbocycles. The third kappa shape index (κ3) is 8.32. The van der Waals surface area contributed by atoms with E-state index in [0.717, 1.165) is 11.1 Å². The van der Waals surface area contributed by atoms with Crippen molar-refractivity contribution in [2.45, 2.75) is 78.8 Å². The van der Waals surface area contributed by atoms with Crippen LogP contribution < -0.4 is 5.32 Å². The van der Waals surface area contributed by atoms with E-state index in [4.69, 9.17) is 23.2 Å². The van der Waals surface area contributed by atoms with Gasteiger partial charge in [0.25, 0.3) is 0 Å². The number of hydrogen-bond acceptors (Lipinski definition) is 2. The monoisotopic (exact) mass is 504 g/mol. The highest BCUT2D eigenvalue weighted by atomic mass is 35.5. The molecule has 4 nitrogen and oxygen atoms in total. The first-order chi connectivity index (χ1) is 15.9. The van der Waals surface area contributed by atoms with Crippen LogP contribution in [0.25, 0.3) is 0 Å². The van der Waals surface area contributed by atoms with Gasteiger partial charge in [-0.25, -0.2) is 0 Å². The van der Waals surface area contributed by atoms with Crippen LogP contribution in [-0.4, -0.2) is 29.3 Å². The molecular formula is C28H38Cl2N2O2. The Labute approximate surface area is 215 Å². The van der Waals surface area contributed by atoms with Gasteiger partial charge in [0.1, 0.15) is 6.04 Å². The van der Waals surface area contributed by atoms with Crippen molar-refractivity contribution in [1.82, 2.24) is 10.2 Å². The van der Waals surface area contributed by atoms with Crippen molar-refractivity contribution in [3.8, 4) is 0 Å². The lowest BCUT2D eigenvalue weighted by Crippen LogP contribution is -2.49. The van der Waals surface area contributed by atoms with Crippen LogP contribution in [0.1, 0.15) is 71.1 Å². The molecule has 0 radical (unpaired) electrons. The molecule has 0 aromatic heterocycles. The number of rotatable bonds is 10. The molecule has 0 heterocycles. The quantitative estimate of drug-likeness (QED) is 0.386. The van der Waals surface area contributed by atoms with Gasteiger partial charge in [0.05, 0.1) is 0 Å². The van der Waals surface area contributed by atoms with Crippen LogP contribution in [0.5, 0.6) is 0 Å². The summed E-state index contributed by atoms with van der Waals surface area (Å²) in [6.45, 7) is 13.4. The summed E-state index contributed by atoms with van der Waals surface area (Å²) >= 11 is 12.5. The first-order valence-corrected chi connectivity index (χ1v) is 12.8. The molecule has 186 valence electrons. The van der Waals surface area contributed by atoms with Crippen molar-refractivity contribution in [2.75, 3.05) is 6.54 Å². The minimum Gasteiger partial charge on any atom is -0.354 e. The molecule has 0 aliphatic carbocycles. The van der Waals surface area contributed by atoms with Gasteiger partial charge in [0.15, 0.2) is 0 Å². The van der Waals surface area contributed by atoms with Gasteiger partial charge in [-0.05, 0) is 53.0 Å². The number of aryl methyl sites for hydroxylation is 1. The van der Waals surface area contributed by atoms with Crippen molar-refractivity contribution in [3.63, 3.8) is 0 Å². The normalized spacial score (nSPS) is 12.5. The van der Waals surface area contributed by atoms with Crippen LogP contribution in [0.3, 0.4) is 0 Å². The molecule has 6 heteroatoms. The lowest BCUT2D eigenvalue weighted by atomic mass is 9.86. The lowest BCUT2D eigenvalue weighted by molar-refractivity contribution is -0.141. The zero-order chi connectivity index (χ0) is 25.5. The number of carbonyl (C=O) groups is 2. The van der Waals surface area contributed by atoms with Gasteiger partial charge in [0, 0.05) is 29.6 Å². The van der Waals surface area contributed by atoms with Gasteiger partial charge in [-0.15, -0.1) is 0 Å². The summed E-state index contributed by atoms with van der Waals surface area (Å²) in [6, 6.07) is 13.1. The summed E-state index contributed by atoms with van der Waals surface area (Å²) in [7, 11) is 0. The molecule has 0 saturated heterocycles. The predicted octanol–water partition coefficient (Wildman–Crippen LogP) is 6.80. The average molecular weight is 506 g/mol. The molecule has 0 aliphatic heterocycles. The standard InChI is InChI=1S/C28H38Cl2N2O2/c1-7-25(27(34)31-17-19(2)3)32(18-21-11-14-23(29)16-24(21)30)26(33)15-10-20-8-12-22(13-9-20)28(4,5)6/h8-9,11-14,16,19,25H,7,10,15,17-18H2,1-6H3,(H,31,34)/t25-/m1/s1. The molecule has 0 spiro atoms. The zero-order valence-corrected chi connectivity index (χ0v) is 22.8. The van der Waals surface area contributed by atoms with E-state index in [0.29, 0.717) is 41.8 Å². The van der Waals surface area contributed by atoms with E-state index in [9.17, 15) is 9.59 Å². The highest BCUT2D eigenvalue weighted by Gasteiger charge is 2.29. The summed E-state index contributed by atoms with van der Waals surface area (Å²) in [5.74, 6) is 0.119. The average Bonchev–Trinajstić information content (AvgIpc) is 2.77. The zero-order valence-electron chi connectivity index (χ0n) is 21.3. The summed E-state index contributed by atoms with van der Waals surface area (Å²) in [4.78, 5) is 28.1. The number of halogens is 2. The Kier molecular flexibility index (Phi) is 10.5. The Balaban J connectivity index is 2.22. The number of benzene rings is 2. The van der Waals surface area contributed by atoms with Gasteiger partial charge < -0.3 is 10.2 Å². The molecule has 1 atom stereocenters. The van der Waals surface area contributed by atoms with Crippen LogP contribution in [0.2, 0.25) is 10.0 Å². The van der Waals surface area contributed by atoms with E-state index >= 15 is 0 Å². The van der Waals surface area contributed by atoms with Crippen molar-refractivity contribution in [1.29, 1.82) is 0 Å². The molecule has 2 rings (SSSR count). The Morgan fingerprint density at radius 1 is 1.03 bits per heavy atom. The molecule has 0 aliphatic rings. The van der Waals surface area contributed by atoms with Crippen LogP contribution >= 0.6 is 23.2 Å². The molecule has 34 heavy (non-hydrogen) atoms. The Morgan fingerprint density at radius 2 is 1.68 bits per heavy atom.